The lowest BCUT2D eigenvalue weighted by atomic mass is 10.3. The molecule has 0 fully saturated rings. The first-order valence-corrected chi connectivity index (χ1v) is 7.45. The van der Waals surface area contributed by atoms with E-state index in [1.165, 1.54) is 6.33 Å². The number of amides is 1. The number of fused-ring (bicyclic) bond motifs is 1. The van der Waals surface area contributed by atoms with Gasteiger partial charge in [0, 0.05) is 23.1 Å². The van der Waals surface area contributed by atoms with E-state index < -0.39 is 0 Å². The molecule has 0 aliphatic heterocycles. The molecule has 7 nitrogen and oxygen atoms in total. The number of carbonyl (C=O) groups excluding carboxylic acids is 1. The van der Waals surface area contributed by atoms with E-state index in [1.54, 1.807) is 6.33 Å². The summed E-state index contributed by atoms with van der Waals surface area (Å²) in [6, 6.07) is 7.44. The van der Waals surface area contributed by atoms with Gasteiger partial charge in [-0.1, -0.05) is 15.9 Å². The van der Waals surface area contributed by atoms with Crippen molar-refractivity contribution in [1.82, 2.24) is 19.9 Å². The Kier molecular flexibility index (Phi) is 4.29. The second-order valence-corrected chi connectivity index (χ2v) is 5.47. The predicted molar refractivity (Wildman–Crippen MR) is 87.6 cm³/mol. The molecule has 0 aliphatic carbocycles. The molecule has 0 spiro atoms. The van der Waals surface area contributed by atoms with Crippen LogP contribution in [0, 0.1) is 0 Å². The van der Waals surface area contributed by atoms with Gasteiger partial charge in [-0.05, 0) is 24.3 Å². The Morgan fingerprint density at radius 3 is 2.82 bits per heavy atom. The molecule has 0 bridgehead atoms. The van der Waals surface area contributed by atoms with Gasteiger partial charge in [-0.3, -0.25) is 4.79 Å². The third-order valence-electron chi connectivity index (χ3n) is 3.00. The SMILES string of the molecule is O=C(CCNc1ncnc2nc[nH]c12)Nc1ccc(Br)cc1. The number of nitrogens with one attached hydrogen (secondary N) is 3. The molecule has 1 aromatic carbocycles. The minimum atomic E-state index is -0.0651. The Labute approximate surface area is 134 Å². The number of benzene rings is 1. The Balaban J connectivity index is 1.53. The van der Waals surface area contributed by atoms with Crippen LogP contribution in [0.1, 0.15) is 6.42 Å². The number of nitrogens with zero attached hydrogens (tertiary/aromatic N) is 3. The van der Waals surface area contributed by atoms with Crippen molar-refractivity contribution in [3.63, 3.8) is 0 Å². The van der Waals surface area contributed by atoms with Crippen LogP contribution >= 0.6 is 15.9 Å². The van der Waals surface area contributed by atoms with Crippen molar-refractivity contribution in [3.05, 3.63) is 41.4 Å². The Bertz CT molecular complexity index is 785. The zero-order valence-electron chi connectivity index (χ0n) is 11.5. The number of halogens is 1. The minimum Gasteiger partial charge on any atom is -0.368 e. The zero-order valence-corrected chi connectivity index (χ0v) is 13.1. The molecule has 2 aromatic heterocycles. The highest BCUT2D eigenvalue weighted by molar-refractivity contribution is 9.10. The van der Waals surface area contributed by atoms with Crippen LogP contribution in [0.5, 0.6) is 0 Å². The number of imidazole rings is 1. The van der Waals surface area contributed by atoms with Crippen molar-refractivity contribution < 1.29 is 4.79 Å². The summed E-state index contributed by atoms with van der Waals surface area (Å²) in [5, 5.41) is 5.94. The van der Waals surface area contributed by atoms with Crippen LogP contribution in [-0.2, 0) is 4.79 Å². The number of hydrogen-bond acceptors (Lipinski definition) is 5. The van der Waals surface area contributed by atoms with Gasteiger partial charge in [0.25, 0.3) is 0 Å². The summed E-state index contributed by atoms with van der Waals surface area (Å²) >= 11 is 3.35. The molecule has 112 valence electrons. The number of aromatic nitrogens is 4. The predicted octanol–water partition coefficient (Wildman–Crippen LogP) is 2.56. The number of rotatable bonds is 5. The van der Waals surface area contributed by atoms with Gasteiger partial charge >= 0.3 is 0 Å². The lowest BCUT2D eigenvalue weighted by Gasteiger charge is -2.07. The molecule has 0 atom stereocenters. The second kappa shape index (κ2) is 6.52. The fraction of sp³-hybridized carbons (Fsp3) is 0.143. The lowest BCUT2D eigenvalue weighted by Crippen LogP contribution is -2.16. The lowest BCUT2D eigenvalue weighted by molar-refractivity contribution is -0.115. The van der Waals surface area contributed by atoms with Crippen LogP contribution in [0.4, 0.5) is 11.5 Å². The van der Waals surface area contributed by atoms with Crippen LogP contribution in [-0.4, -0.2) is 32.4 Å². The molecule has 22 heavy (non-hydrogen) atoms. The Morgan fingerprint density at radius 1 is 1.18 bits per heavy atom. The normalized spacial score (nSPS) is 10.6. The molecular formula is C14H13BrN6O. The van der Waals surface area contributed by atoms with Gasteiger partial charge in [0.1, 0.15) is 11.8 Å². The fourth-order valence-corrected chi connectivity index (χ4v) is 2.21. The second-order valence-electron chi connectivity index (χ2n) is 4.56. The Hall–Kier alpha value is -2.48. The number of carbonyl (C=O) groups is 1. The van der Waals surface area contributed by atoms with Gasteiger partial charge in [0.15, 0.2) is 11.5 Å². The van der Waals surface area contributed by atoms with Crippen molar-refractivity contribution in [2.75, 3.05) is 17.2 Å². The van der Waals surface area contributed by atoms with Crippen LogP contribution in [0.15, 0.2) is 41.4 Å². The van der Waals surface area contributed by atoms with E-state index in [4.69, 9.17) is 0 Å². The highest BCUT2D eigenvalue weighted by Crippen LogP contribution is 2.15. The summed E-state index contributed by atoms with van der Waals surface area (Å²) in [5.41, 5.74) is 2.10. The van der Waals surface area contributed by atoms with E-state index in [1.807, 2.05) is 24.3 Å². The molecule has 3 N–H and O–H groups in total. The highest BCUT2D eigenvalue weighted by atomic mass is 79.9. The first-order chi connectivity index (χ1) is 10.7. The third kappa shape index (κ3) is 3.40. The smallest absolute Gasteiger partial charge is 0.226 e. The molecule has 0 unspecified atom stereocenters. The van der Waals surface area contributed by atoms with Gasteiger partial charge in [-0.2, -0.15) is 0 Å². The van der Waals surface area contributed by atoms with Crippen LogP contribution in [0.3, 0.4) is 0 Å². The van der Waals surface area contributed by atoms with Gasteiger partial charge in [0.2, 0.25) is 5.91 Å². The maximum Gasteiger partial charge on any atom is 0.226 e. The molecule has 0 saturated heterocycles. The van der Waals surface area contributed by atoms with E-state index >= 15 is 0 Å². The average molecular weight is 361 g/mol. The molecule has 0 aliphatic rings. The van der Waals surface area contributed by atoms with Crippen molar-refractivity contribution in [1.29, 1.82) is 0 Å². The zero-order chi connectivity index (χ0) is 15.4. The third-order valence-corrected chi connectivity index (χ3v) is 3.52. The van der Waals surface area contributed by atoms with Gasteiger partial charge in [-0.15, -0.1) is 0 Å². The van der Waals surface area contributed by atoms with E-state index in [9.17, 15) is 4.79 Å². The van der Waals surface area contributed by atoms with E-state index in [-0.39, 0.29) is 5.91 Å². The van der Waals surface area contributed by atoms with Crippen LogP contribution < -0.4 is 10.6 Å². The minimum absolute atomic E-state index is 0.0651. The highest BCUT2D eigenvalue weighted by Gasteiger charge is 2.06. The summed E-state index contributed by atoms with van der Waals surface area (Å²) in [6.07, 6.45) is 3.33. The first-order valence-electron chi connectivity index (χ1n) is 6.66. The molecular weight excluding hydrogens is 348 g/mol. The van der Waals surface area contributed by atoms with Gasteiger partial charge in [0.05, 0.1) is 6.33 Å². The maximum absolute atomic E-state index is 11.9. The summed E-state index contributed by atoms with van der Waals surface area (Å²) in [5.74, 6) is 0.573. The molecule has 3 rings (SSSR count). The molecule has 2 heterocycles. The number of anilines is 2. The molecule has 3 aromatic rings. The molecule has 0 saturated carbocycles. The standard InChI is InChI=1S/C14H13BrN6O/c15-9-1-3-10(4-2-9)21-11(22)5-6-16-13-12-14(18-7-17-12)20-8-19-13/h1-4,7-8H,5-6H2,(H,21,22)(H2,16,17,18,19,20). The first kappa shape index (κ1) is 14.5. The monoisotopic (exact) mass is 360 g/mol. The molecule has 0 radical (unpaired) electrons. The van der Waals surface area contributed by atoms with Gasteiger partial charge < -0.3 is 15.6 Å². The topological polar surface area (TPSA) is 95.6 Å². The van der Waals surface area contributed by atoms with Crippen LogP contribution in [0.25, 0.3) is 11.2 Å². The molecule has 8 heteroatoms. The van der Waals surface area contributed by atoms with Crippen LogP contribution in [0.2, 0.25) is 0 Å². The summed E-state index contributed by atoms with van der Waals surface area (Å²) in [6.45, 7) is 0.466. The van der Waals surface area contributed by atoms with E-state index in [2.05, 4.69) is 46.5 Å². The number of aromatic amines is 1. The van der Waals surface area contributed by atoms with Crippen molar-refractivity contribution in [2.45, 2.75) is 6.42 Å². The summed E-state index contributed by atoms with van der Waals surface area (Å²) in [4.78, 5) is 27.1. The summed E-state index contributed by atoms with van der Waals surface area (Å²) < 4.78 is 0.972. The van der Waals surface area contributed by atoms with Crippen molar-refractivity contribution in [2.24, 2.45) is 0 Å². The molecule has 1 amide bonds. The fourth-order valence-electron chi connectivity index (χ4n) is 1.95. The van der Waals surface area contributed by atoms with Crippen molar-refractivity contribution >= 4 is 44.5 Å². The number of hydrogen-bond donors (Lipinski definition) is 3. The maximum atomic E-state index is 11.9. The quantitative estimate of drug-likeness (QED) is 0.649. The largest absolute Gasteiger partial charge is 0.368 e. The average Bonchev–Trinajstić information content (AvgIpc) is 2.99. The van der Waals surface area contributed by atoms with Gasteiger partial charge in [-0.25, -0.2) is 15.0 Å². The summed E-state index contributed by atoms with van der Waals surface area (Å²) in [7, 11) is 0. The van der Waals surface area contributed by atoms with Crippen molar-refractivity contribution in [3.8, 4) is 0 Å². The van der Waals surface area contributed by atoms with E-state index in [0.717, 1.165) is 15.7 Å². The van der Waals surface area contributed by atoms with E-state index in [0.29, 0.717) is 24.4 Å². The Morgan fingerprint density at radius 2 is 2.00 bits per heavy atom. The number of H-pyrrole nitrogens is 1.